The van der Waals surface area contributed by atoms with E-state index in [0.29, 0.717) is 0 Å². The Hall–Kier alpha value is -6.90. The maximum Gasteiger partial charge on any atom is 0.143 e. The van der Waals surface area contributed by atoms with Crippen LogP contribution in [0.1, 0.15) is 24.0 Å². The fourth-order valence-corrected chi connectivity index (χ4v) is 9.92. The van der Waals surface area contributed by atoms with E-state index < -0.39 is 0 Å². The third-order valence-electron chi connectivity index (χ3n) is 12.4. The minimum absolute atomic E-state index is 0.919. The van der Waals surface area contributed by atoms with Crippen molar-refractivity contribution < 1.29 is 4.42 Å². The summed E-state index contributed by atoms with van der Waals surface area (Å²) in [6.07, 6.45) is 4.87. The lowest BCUT2D eigenvalue weighted by Crippen LogP contribution is -2.04. The molecule has 0 N–H and O–H groups in total. The molecule has 2 heterocycles. The van der Waals surface area contributed by atoms with Crippen molar-refractivity contribution in [1.29, 1.82) is 0 Å². The van der Waals surface area contributed by atoms with E-state index in [1.54, 1.807) is 0 Å². The van der Waals surface area contributed by atoms with Crippen molar-refractivity contribution in [3.8, 4) is 39.1 Å². The van der Waals surface area contributed by atoms with Crippen LogP contribution in [0, 0.1) is 0 Å². The molecule has 0 atom stereocenters. The molecule has 2 heteroatoms. The molecule has 0 spiro atoms. The van der Waals surface area contributed by atoms with Gasteiger partial charge in [-0.25, -0.2) is 0 Å². The van der Waals surface area contributed by atoms with Crippen LogP contribution in [0.15, 0.2) is 180 Å². The number of para-hydroxylation sites is 3. The van der Waals surface area contributed by atoms with Crippen molar-refractivity contribution in [2.24, 2.45) is 0 Å². The highest BCUT2D eigenvalue weighted by atomic mass is 16.3. The van der Waals surface area contributed by atoms with Crippen molar-refractivity contribution in [3.05, 3.63) is 187 Å². The lowest BCUT2D eigenvalue weighted by atomic mass is 9.81. The van der Waals surface area contributed by atoms with Gasteiger partial charge < -0.3 is 8.98 Å². The zero-order valence-electron chi connectivity index (χ0n) is 30.9. The molecular formula is C54H37NO. The van der Waals surface area contributed by atoms with Gasteiger partial charge >= 0.3 is 0 Å². The molecule has 12 rings (SSSR count). The summed E-state index contributed by atoms with van der Waals surface area (Å²) in [4.78, 5) is 0. The van der Waals surface area contributed by atoms with E-state index >= 15 is 0 Å². The minimum Gasteiger partial charge on any atom is -0.455 e. The Labute approximate surface area is 324 Å². The van der Waals surface area contributed by atoms with Gasteiger partial charge in [-0.1, -0.05) is 140 Å². The Morgan fingerprint density at radius 3 is 1.77 bits per heavy atom. The number of hydrogen-bond donors (Lipinski definition) is 0. The summed E-state index contributed by atoms with van der Waals surface area (Å²) >= 11 is 0. The number of benzene rings is 9. The quantitative estimate of drug-likeness (QED) is 0.166. The van der Waals surface area contributed by atoms with Gasteiger partial charge in [-0.2, -0.15) is 0 Å². The summed E-state index contributed by atoms with van der Waals surface area (Å²) in [7, 11) is 0. The molecule has 2 nitrogen and oxygen atoms in total. The molecule has 11 aromatic rings. The molecule has 1 aliphatic carbocycles. The number of aromatic nitrogens is 1. The Balaban J connectivity index is 1.02. The van der Waals surface area contributed by atoms with Crippen molar-refractivity contribution in [1.82, 2.24) is 4.57 Å². The Morgan fingerprint density at radius 2 is 0.982 bits per heavy atom. The van der Waals surface area contributed by atoms with Crippen LogP contribution in [-0.4, -0.2) is 4.57 Å². The number of furan rings is 1. The molecule has 0 unspecified atom stereocenters. The second kappa shape index (κ2) is 12.3. The highest BCUT2D eigenvalue weighted by Crippen LogP contribution is 2.46. The van der Waals surface area contributed by atoms with Crippen molar-refractivity contribution in [2.75, 3.05) is 0 Å². The number of fused-ring (bicyclic) bond motifs is 9. The van der Waals surface area contributed by atoms with Crippen LogP contribution in [0.3, 0.4) is 0 Å². The monoisotopic (exact) mass is 715 g/mol. The normalized spacial score (nSPS) is 13.1. The third-order valence-corrected chi connectivity index (χ3v) is 12.4. The molecule has 0 bridgehead atoms. The molecule has 0 amide bonds. The van der Waals surface area contributed by atoms with E-state index in [1.165, 1.54) is 96.0 Å². The summed E-state index contributed by atoms with van der Waals surface area (Å²) in [5.41, 5.74) is 16.0. The van der Waals surface area contributed by atoms with Crippen LogP contribution < -0.4 is 0 Å². The van der Waals surface area contributed by atoms with Gasteiger partial charge in [0, 0.05) is 32.8 Å². The van der Waals surface area contributed by atoms with Gasteiger partial charge in [-0.3, -0.25) is 0 Å². The van der Waals surface area contributed by atoms with Gasteiger partial charge in [0.2, 0.25) is 0 Å². The van der Waals surface area contributed by atoms with Crippen LogP contribution in [0.25, 0.3) is 104 Å². The lowest BCUT2D eigenvalue weighted by molar-refractivity contribution is 0.670. The van der Waals surface area contributed by atoms with E-state index in [9.17, 15) is 0 Å². The minimum atomic E-state index is 0.919. The van der Waals surface area contributed by atoms with Crippen LogP contribution in [0.2, 0.25) is 0 Å². The molecule has 2 aromatic heterocycles. The van der Waals surface area contributed by atoms with E-state index in [1.807, 2.05) is 6.07 Å². The van der Waals surface area contributed by atoms with Crippen LogP contribution in [0.5, 0.6) is 0 Å². The van der Waals surface area contributed by atoms with Gasteiger partial charge in [-0.05, 0) is 123 Å². The topological polar surface area (TPSA) is 18.1 Å². The van der Waals surface area contributed by atoms with E-state index in [-0.39, 0.29) is 0 Å². The maximum absolute atomic E-state index is 6.46. The first-order valence-electron chi connectivity index (χ1n) is 19.9. The highest BCUT2D eigenvalue weighted by Gasteiger charge is 2.22. The van der Waals surface area contributed by atoms with Crippen molar-refractivity contribution in [3.63, 3.8) is 0 Å². The predicted octanol–water partition coefficient (Wildman–Crippen LogP) is 14.9. The molecule has 1 aliphatic rings. The fraction of sp³-hybridized carbons (Fsp3) is 0.0741. The molecule has 264 valence electrons. The third kappa shape index (κ3) is 4.63. The second-order valence-electron chi connectivity index (χ2n) is 15.4. The Morgan fingerprint density at radius 1 is 0.393 bits per heavy atom. The van der Waals surface area contributed by atoms with Gasteiger partial charge in [0.15, 0.2) is 0 Å². The van der Waals surface area contributed by atoms with Crippen LogP contribution in [-0.2, 0) is 12.8 Å². The fourth-order valence-electron chi connectivity index (χ4n) is 9.92. The first kappa shape index (κ1) is 31.5. The molecule has 0 saturated carbocycles. The number of nitrogens with zero attached hydrogens (tertiary/aromatic N) is 1. The van der Waals surface area contributed by atoms with Gasteiger partial charge in [0.25, 0.3) is 0 Å². The number of rotatable bonds is 4. The predicted molar refractivity (Wildman–Crippen MR) is 236 cm³/mol. The molecule has 56 heavy (non-hydrogen) atoms. The Kier molecular flexibility index (Phi) is 6.91. The number of hydrogen-bond acceptors (Lipinski definition) is 1. The van der Waals surface area contributed by atoms with E-state index in [0.717, 1.165) is 45.2 Å². The van der Waals surface area contributed by atoms with Crippen LogP contribution in [0.4, 0.5) is 0 Å². The zero-order chi connectivity index (χ0) is 36.7. The second-order valence-corrected chi connectivity index (χ2v) is 15.4. The Bertz CT molecular complexity index is 3300. The summed E-state index contributed by atoms with van der Waals surface area (Å²) in [5.74, 6) is 0. The first-order chi connectivity index (χ1) is 27.8. The molecule has 0 aliphatic heterocycles. The van der Waals surface area contributed by atoms with Gasteiger partial charge in [-0.15, -0.1) is 0 Å². The largest absolute Gasteiger partial charge is 0.455 e. The van der Waals surface area contributed by atoms with Gasteiger partial charge in [0.05, 0.1) is 11.0 Å². The molecule has 0 fully saturated rings. The zero-order valence-corrected chi connectivity index (χ0v) is 30.9. The first-order valence-corrected chi connectivity index (χ1v) is 19.9. The summed E-state index contributed by atoms with van der Waals surface area (Å²) in [5, 5.41) is 10.00. The van der Waals surface area contributed by atoms with Gasteiger partial charge in [0.1, 0.15) is 11.2 Å². The average Bonchev–Trinajstić information content (AvgIpc) is 3.81. The summed E-state index contributed by atoms with van der Waals surface area (Å²) < 4.78 is 8.87. The lowest BCUT2D eigenvalue weighted by Gasteiger charge is -2.23. The van der Waals surface area contributed by atoms with E-state index in [4.69, 9.17) is 4.42 Å². The molecule has 0 radical (unpaired) electrons. The smallest absolute Gasteiger partial charge is 0.143 e. The standard InChI is InChI=1S/C54H37NO/c1-2-15-38-34(13-1)14-11-23-42(38)53-45-20-5-3-18-43(45)52(44-19-4-6-21-46(44)53)35-27-30-37(31-28-35)55-49-25-9-7-16-40(49)48-33-36(29-32-50(48)55)39-22-12-24-47-41-17-8-10-26-51(41)56-54(39)47/h3-12,14,16-33H,1-2,13,15H2. The molecular weight excluding hydrogens is 679 g/mol. The average molecular weight is 716 g/mol. The SMILES string of the molecule is c1cc2c(c(-c3c4ccccc4c(-c4ccc(-n5c6ccccc6c6cc(-c7cccc8c7oc7ccccc78)ccc65)cc4)c4ccccc34)c1)CCCC2. The van der Waals surface area contributed by atoms with Crippen molar-refractivity contribution >= 4 is 65.3 Å². The maximum atomic E-state index is 6.46. The highest BCUT2D eigenvalue weighted by molar-refractivity contribution is 6.22. The molecule has 0 saturated heterocycles. The number of aryl methyl sites for hydroxylation is 1. The van der Waals surface area contributed by atoms with Crippen LogP contribution >= 0.6 is 0 Å². The summed E-state index contributed by atoms with van der Waals surface area (Å²) in [6.45, 7) is 0. The van der Waals surface area contributed by atoms with Crippen molar-refractivity contribution in [2.45, 2.75) is 25.7 Å². The summed E-state index contributed by atoms with van der Waals surface area (Å²) in [6, 6.07) is 64.8. The molecule has 9 aromatic carbocycles. The van der Waals surface area contributed by atoms with E-state index in [2.05, 4.69) is 174 Å².